The maximum Gasteiger partial charge on any atom is 0.192 e. The number of guanidine groups is 1. The molecule has 0 unspecified atom stereocenters. The van der Waals surface area contributed by atoms with Gasteiger partial charge in [0.1, 0.15) is 12.4 Å². The fourth-order valence-electron chi connectivity index (χ4n) is 2.55. The van der Waals surface area contributed by atoms with Gasteiger partial charge >= 0.3 is 0 Å². The lowest BCUT2D eigenvalue weighted by Gasteiger charge is -2.12. The monoisotopic (exact) mass is 402 g/mol. The third kappa shape index (κ3) is 5.64. The van der Waals surface area contributed by atoms with Crippen LogP contribution in [0, 0.1) is 6.92 Å². The summed E-state index contributed by atoms with van der Waals surface area (Å²) in [6.07, 6.45) is 2.07. The van der Waals surface area contributed by atoms with E-state index in [4.69, 9.17) is 4.99 Å². The van der Waals surface area contributed by atoms with Gasteiger partial charge in [0.25, 0.3) is 0 Å². The summed E-state index contributed by atoms with van der Waals surface area (Å²) in [5.41, 5.74) is 0. The van der Waals surface area contributed by atoms with Crippen molar-refractivity contribution in [1.29, 1.82) is 0 Å². The Hall–Kier alpha value is -2.19. The molecule has 0 radical (unpaired) electrons. The Bertz CT molecular complexity index is 863. The third-order valence-corrected chi connectivity index (χ3v) is 6.47. The van der Waals surface area contributed by atoms with Gasteiger partial charge in [-0.25, -0.2) is 4.99 Å². The van der Waals surface area contributed by atoms with Crippen molar-refractivity contribution in [1.82, 2.24) is 25.4 Å². The molecule has 0 aromatic carbocycles. The second-order valence-corrected chi connectivity index (χ2v) is 8.50. The Morgan fingerprint density at radius 2 is 2.00 bits per heavy atom. The first kappa shape index (κ1) is 19.6. The van der Waals surface area contributed by atoms with Crippen LogP contribution in [0.15, 0.2) is 34.6 Å². The average Bonchev–Trinajstić information content (AvgIpc) is 3.41. The van der Waals surface area contributed by atoms with Gasteiger partial charge in [-0.3, -0.25) is 0 Å². The van der Waals surface area contributed by atoms with Gasteiger partial charge in [-0.1, -0.05) is 13.0 Å². The molecule has 0 bridgehead atoms. The molecule has 0 fully saturated rings. The summed E-state index contributed by atoms with van der Waals surface area (Å²) in [6.45, 7) is 6.24. The number of aryl methyl sites for hydroxylation is 2. The van der Waals surface area contributed by atoms with Gasteiger partial charge in [0, 0.05) is 28.2 Å². The number of aliphatic imine (C=N–C) groups is 1. The zero-order valence-corrected chi connectivity index (χ0v) is 17.7. The van der Waals surface area contributed by atoms with Crippen LogP contribution in [-0.4, -0.2) is 27.3 Å². The summed E-state index contributed by atoms with van der Waals surface area (Å²) < 4.78 is 1.97. The van der Waals surface area contributed by atoms with Crippen molar-refractivity contribution in [3.05, 3.63) is 55.9 Å². The normalized spacial score (nSPS) is 11.7. The number of aromatic nitrogens is 3. The molecule has 0 amide bonds. The van der Waals surface area contributed by atoms with Crippen LogP contribution in [0.2, 0.25) is 0 Å². The Morgan fingerprint density at radius 1 is 1.15 bits per heavy atom. The van der Waals surface area contributed by atoms with Gasteiger partial charge < -0.3 is 15.2 Å². The average molecular weight is 403 g/mol. The largest absolute Gasteiger partial charge is 0.356 e. The second kappa shape index (κ2) is 9.66. The van der Waals surface area contributed by atoms with Crippen molar-refractivity contribution in [3.63, 3.8) is 0 Å². The zero-order valence-electron chi connectivity index (χ0n) is 16.0. The molecular formula is C19H26N6S2. The lowest BCUT2D eigenvalue weighted by atomic mass is 10.3. The topological polar surface area (TPSA) is 67.1 Å². The smallest absolute Gasteiger partial charge is 0.192 e. The quantitative estimate of drug-likeness (QED) is 0.448. The lowest BCUT2D eigenvalue weighted by Crippen LogP contribution is -2.38. The van der Waals surface area contributed by atoms with Crippen LogP contribution in [0.1, 0.15) is 33.2 Å². The van der Waals surface area contributed by atoms with Crippen LogP contribution in [-0.2, 0) is 33.0 Å². The van der Waals surface area contributed by atoms with E-state index in [2.05, 4.69) is 57.4 Å². The van der Waals surface area contributed by atoms with Crippen molar-refractivity contribution >= 4 is 28.6 Å². The standard InChI is InChI=1S/C19H26N6S2/c1-4-15-7-8-17(27-15)12-21-19(20-10-9-16-6-5-11-26-16)22-13-18-24-23-14(2)25(18)3/h5-8,11H,4,9-10,12-13H2,1-3H3,(H2,20,21,22). The van der Waals surface area contributed by atoms with Crippen molar-refractivity contribution in [2.45, 2.75) is 39.8 Å². The molecule has 0 atom stereocenters. The fraction of sp³-hybridized carbons (Fsp3) is 0.421. The molecular weight excluding hydrogens is 376 g/mol. The molecule has 8 heteroatoms. The van der Waals surface area contributed by atoms with Crippen molar-refractivity contribution < 1.29 is 0 Å². The first-order valence-electron chi connectivity index (χ1n) is 9.12. The number of thiophene rings is 2. The molecule has 0 aliphatic rings. The molecule has 3 aromatic rings. The van der Waals surface area contributed by atoms with Crippen LogP contribution in [0.25, 0.3) is 0 Å². The minimum atomic E-state index is 0.496. The maximum absolute atomic E-state index is 4.71. The Kier molecular flexibility index (Phi) is 7.00. The highest BCUT2D eigenvalue weighted by Gasteiger charge is 2.06. The van der Waals surface area contributed by atoms with Crippen molar-refractivity contribution in [3.8, 4) is 0 Å². The van der Waals surface area contributed by atoms with Crippen LogP contribution >= 0.6 is 22.7 Å². The summed E-state index contributed by atoms with van der Waals surface area (Å²) >= 11 is 3.63. The number of nitrogens with zero attached hydrogens (tertiary/aromatic N) is 4. The Labute approximate surface area is 168 Å². The van der Waals surface area contributed by atoms with Gasteiger partial charge in [0.2, 0.25) is 0 Å². The van der Waals surface area contributed by atoms with Gasteiger partial charge in [0.15, 0.2) is 11.8 Å². The van der Waals surface area contributed by atoms with E-state index in [1.165, 1.54) is 14.6 Å². The molecule has 144 valence electrons. The van der Waals surface area contributed by atoms with Gasteiger partial charge in [-0.15, -0.1) is 32.9 Å². The molecule has 0 saturated carbocycles. The van der Waals surface area contributed by atoms with E-state index in [1.807, 2.05) is 29.9 Å². The summed E-state index contributed by atoms with van der Waals surface area (Å²) in [7, 11) is 1.97. The van der Waals surface area contributed by atoms with Crippen LogP contribution in [0.3, 0.4) is 0 Å². The van der Waals surface area contributed by atoms with E-state index >= 15 is 0 Å². The molecule has 3 heterocycles. The fourth-order valence-corrected chi connectivity index (χ4v) is 4.16. The third-order valence-electron chi connectivity index (χ3n) is 4.30. The first-order chi connectivity index (χ1) is 13.2. The highest BCUT2D eigenvalue weighted by molar-refractivity contribution is 7.12. The molecule has 27 heavy (non-hydrogen) atoms. The van der Waals surface area contributed by atoms with Crippen LogP contribution in [0.4, 0.5) is 0 Å². The Morgan fingerprint density at radius 3 is 2.67 bits per heavy atom. The predicted molar refractivity (Wildman–Crippen MR) is 113 cm³/mol. The van der Waals surface area contributed by atoms with E-state index in [-0.39, 0.29) is 0 Å². The number of nitrogens with one attached hydrogen (secondary N) is 2. The van der Waals surface area contributed by atoms with Gasteiger partial charge in [-0.2, -0.15) is 0 Å². The number of hydrogen-bond acceptors (Lipinski definition) is 5. The molecule has 0 aliphatic carbocycles. The highest BCUT2D eigenvalue weighted by atomic mass is 32.1. The number of rotatable bonds is 8. The lowest BCUT2D eigenvalue weighted by molar-refractivity contribution is 0.751. The molecule has 3 rings (SSSR count). The van der Waals surface area contributed by atoms with Gasteiger partial charge in [-0.05, 0) is 43.3 Å². The minimum Gasteiger partial charge on any atom is -0.356 e. The second-order valence-electron chi connectivity index (χ2n) is 6.22. The van der Waals surface area contributed by atoms with Gasteiger partial charge in [0.05, 0.1) is 6.54 Å². The summed E-state index contributed by atoms with van der Waals surface area (Å²) in [5.74, 6) is 2.56. The first-order valence-corrected chi connectivity index (χ1v) is 10.8. The SMILES string of the molecule is CCc1ccc(CNC(=NCc2nnc(C)n2C)NCCc2cccs2)s1. The van der Waals surface area contributed by atoms with Crippen molar-refractivity contribution in [2.75, 3.05) is 6.54 Å². The van der Waals surface area contributed by atoms with Crippen molar-refractivity contribution in [2.24, 2.45) is 12.0 Å². The van der Waals surface area contributed by atoms with E-state index in [9.17, 15) is 0 Å². The molecule has 0 aliphatic heterocycles. The summed E-state index contributed by atoms with van der Waals surface area (Å²) in [4.78, 5) is 8.80. The van der Waals surface area contributed by atoms with E-state index in [1.54, 1.807) is 11.3 Å². The molecule has 3 aromatic heterocycles. The van der Waals surface area contributed by atoms with Crippen LogP contribution in [0.5, 0.6) is 0 Å². The molecule has 0 spiro atoms. The highest BCUT2D eigenvalue weighted by Crippen LogP contribution is 2.16. The molecule has 2 N–H and O–H groups in total. The summed E-state index contributed by atoms with van der Waals surface area (Å²) in [6, 6.07) is 8.64. The molecule has 0 saturated heterocycles. The van der Waals surface area contributed by atoms with E-state index < -0.39 is 0 Å². The zero-order chi connectivity index (χ0) is 19.1. The number of hydrogen-bond donors (Lipinski definition) is 2. The Balaban J connectivity index is 1.61. The van der Waals surface area contributed by atoms with E-state index in [0.717, 1.165) is 43.5 Å². The minimum absolute atomic E-state index is 0.496. The molecule has 6 nitrogen and oxygen atoms in total. The van der Waals surface area contributed by atoms with E-state index in [0.29, 0.717) is 6.54 Å². The van der Waals surface area contributed by atoms with Crippen LogP contribution < -0.4 is 10.6 Å². The predicted octanol–water partition coefficient (Wildman–Crippen LogP) is 3.29. The summed E-state index contributed by atoms with van der Waals surface area (Å²) in [5, 5.41) is 17.3. The maximum atomic E-state index is 4.71.